The van der Waals surface area contributed by atoms with Crippen molar-refractivity contribution in [3.8, 4) is 0 Å². The molecule has 0 saturated carbocycles. The van der Waals surface area contributed by atoms with Gasteiger partial charge in [-0.25, -0.2) is 4.79 Å². The molecule has 11 heteroatoms. The Morgan fingerprint density at radius 2 is 1.97 bits per heavy atom. The molecule has 1 aromatic rings. The lowest BCUT2D eigenvalue weighted by atomic mass is 10.0. The molecule has 3 aliphatic heterocycles. The van der Waals surface area contributed by atoms with Crippen molar-refractivity contribution < 1.29 is 33.4 Å². The molecular formula is C23H28N4O7. The van der Waals surface area contributed by atoms with Gasteiger partial charge < -0.3 is 19.7 Å². The number of nitrogens with zero attached hydrogens (tertiary/aromatic N) is 2. The third-order valence-electron chi connectivity index (χ3n) is 5.78. The molecule has 4 rings (SSSR count). The van der Waals surface area contributed by atoms with E-state index in [2.05, 4.69) is 10.6 Å². The van der Waals surface area contributed by atoms with E-state index in [1.165, 1.54) is 6.07 Å². The Morgan fingerprint density at radius 3 is 2.68 bits per heavy atom. The van der Waals surface area contributed by atoms with Gasteiger partial charge in [0.15, 0.2) is 0 Å². The van der Waals surface area contributed by atoms with E-state index in [9.17, 15) is 24.0 Å². The molecule has 1 aromatic carbocycles. The molecule has 34 heavy (non-hydrogen) atoms. The van der Waals surface area contributed by atoms with Gasteiger partial charge >= 0.3 is 6.09 Å². The van der Waals surface area contributed by atoms with Crippen LogP contribution in [0.5, 0.6) is 0 Å². The van der Waals surface area contributed by atoms with Gasteiger partial charge in [0.2, 0.25) is 11.8 Å². The average Bonchev–Trinajstić information content (AvgIpc) is 3.02. The van der Waals surface area contributed by atoms with Crippen molar-refractivity contribution in [2.24, 2.45) is 0 Å². The lowest BCUT2D eigenvalue weighted by Crippen LogP contribution is -2.54. The van der Waals surface area contributed by atoms with E-state index in [-0.39, 0.29) is 36.6 Å². The summed E-state index contributed by atoms with van der Waals surface area (Å²) >= 11 is 0. The fraction of sp³-hybridized carbons (Fsp3) is 0.522. The van der Waals surface area contributed by atoms with Crippen molar-refractivity contribution in [1.82, 2.24) is 15.1 Å². The first-order valence-corrected chi connectivity index (χ1v) is 11.2. The first-order chi connectivity index (χ1) is 16.0. The summed E-state index contributed by atoms with van der Waals surface area (Å²) in [6.07, 6.45) is -0.616. The number of nitrogens with one attached hydrogen (secondary N) is 2. The van der Waals surface area contributed by atoms with Crippen LogP contribution in [0, 0.1) is 0 Å². The summed E-state index contributed by atoms with van der Waals surface area (Å²) in [4.78, 5) is 64.8. The summed E-state index contributed by atoms with van der Waals surface area (Å²) in [5.41, 5.74) is 0.204. The zero-order valence-corrected chi connectivity index (χ0v) is 19.4. The largest absolute Gasteiger partial charge is 0.444 e. The Bertz CT molecular complexity index is 1050. The van der Waals surface area contributed by atoms with Crippen LogP contribution in [0.1, 0.15) is 54.3 Å². The maximum atomic E-state index is 13.2. The molecule has 2 N–H and O–H groups in total. The van der Waals surface area contributed by atoms with Gasteiger partial charge in [-0.15, -0.1) is 0 Å². The van der Waals surface area contributed by atoms with Gasteiger partial charge in [-0.05, 0) is 39.3 Å². The zero-order valence-electron chi connectivity index (χ0n) is 19.4. The predicted octanol–water partition coefficient (Wildman–Crippen LogP) is 1.14. The highest BCUT2D eigenvalue weighted by atomic mass is 16.6. The van der Waals surface area contributed by atoms with Crippen LogP contribution in [0.3, 0.4) is 0 Å². The van der Waals surface area contributed by atoms with E-state index in [4.69, 9.17) is 9.47 Å². The monoisotopic (exact) mass is 472 g/mol. The molecule has 3 aliphatic rings. The molecule has 2 atom stereocenters. The molecule has 11 nitrogen and oxygen atoms in total. The van der Waals surface area contributed by atoms with Gasteiger partial charge in [-0.2, -0.15) is 0 Å². The van der Waals surface area contributed by atoms with Crippen molar-refractivity contribution in [1.29, 1.82) is 0 Å². The van der Waals surface area contributed by atoms with Gasteiger partial charge in [0.1, 0.15) is 11.6 Å². The van der Waals surface area contributed by atoms with E-state index in [1.807, 2.05) is 0 Å². The zero-order chi connectivity index (χ0) is 24.6. The second-order valence-corrected chi connectivity index (χ2v) is 9.48. The van der Waals surface area contributed by atoms with Crippen LogP contribution in [0.15, 0.2) is 18.2 Å². The molecule has 5 amide bonds. The van der Waals surface area contributed by atoms with Gasteiger partial charge in [0.25, 0.3) is 11.8 Å². The second kappa shape index (κ2) is 9.05. The highest BCUT2D eigenvalue weighted by Gasteiger charge is 2.45. The molecule has 1 unspecified atom stereocenters. The van der Waals surface area contributed by atoms with E-state index in [1.54, 1.807) is 37.8 Å². The third kappa shape index (κ3) is 4.74. The summed E-state index contributed by atoms with van der Waals surface area (Å²) < 4.78 is 11.2. The fourth-order valence-corrected chi connectivity index (χ4v) is 4.22. The number of amides is 5. The van der Waals surface area contributed by atoms with Gasteiger partial charge in [0.05, 0.1) is 30.4 Å². The van der Waals surface area contributed by atoms with Crippen molar-refractivity contribution in [3.63, 3.8) is 0 Å². The lowest BCUT2D eigenvalue weighted by molar-refractivity contribution is -0.136. The topological polar surface area (TPSA) is 134 Å². The Kier molecular flexibility index (Phi) is 6.30. The van der Waals surface area contributed by atoms with Crippen LogP contribution in [0.25, 0.3) is 0 Å². The molecule has 2 saturated heterocycles. The molecule has 0 radical (unpaired) electrons. The van der Waals surface area contributed by atoms with Crippen molar-refractivity contribution in [3.05, 3.63) is 29.3 Å². The summed E-state index contributed by atoms with van der Waals surface area (Å²) in [7, 11) is 0. The summed E-state index contributed by atoms with van der Waals surface area (Å²) in [5.74, 6) is -2.23. The highest BCUT2D eigenvalue weighted by molar-refractivity contribution is 6.25. The molecule has 182 valence electrons. The fourth-order valence-electron chi connectivity index (χ4n) is 4.22. The van der Waals surface area contributed by atoms with Crippen LogP contribution < -0.4 is 10.6 Å². The molecular weight excluding hydrogens is 444 g/mol. The average molecular weight is 472 g/mol. The van der Waals surface area contributed by atoms with Crippen molar-refractivity contribution in [2.45, 2.75) is 51.4 Å². The number of benzene rings is 1. The van der Waals surface area contributed by atoms with Crippen molar-refractivity contribution in [2.75, 3.05) is 31.6 Å². The van der Waals surface area contributed by atoms with E-state index >= 15 is 0 Å². The Hall–Kier alpha value is -3.47. The summed E-state index contributed by atoms with van der Waals surface area (Å²) in [6.45, 7) is 6.77. The van der Waals surface area contributed by atoms with E-state index in [0.29, 0.717) is 25.4 Å². The minimum Gasteiger partial charge on any atom is -0.444 e. The maximum Gasteiger partial charge on any atom is 0.410 e. The van der Waals surface area contributed by atoms with E-state index in [0.717, 1.165) is 4.90 Å². The van der Waals surface area contributed by atoms with E-state index < -0.39 is 41.4 Å². The number of piperidine rings is 1. The number of hydrogen-bond donors (Lipinski definition) is 2. The molecule has 0 aliphatic carbocycles. The normalized spacial score (nSPS) is 23.0. The number of rotatable bonds is 4. The number of carbonyl (C=O) groups excluding carboxylic acids is 5. The number of carbonyl (C=O) groups is 5. The third-order valence-corrected chi connectivity index (χ3v) is 5.78. The minimum atomic E-state index is -1.03. The number of anilines is 1. The lowest BCUT2D eigenvalue weighted by Gasteiger charge is -2.34. The summed E-state index contributed by atoms with van der Waals surface area (Å²) in [6, 6.07) is 3.83. The number of ether oxygens (including phenoxy) is 2. The highest BCUT2D eigenvalue weighted by Crippen LogP contribution is 2.32. The standard InChI is InChI=1S/C23H28N4O7/c1-23(2,3)34-22(32)26-9-10-33-13(12-26)11-24-15-6-4-5-14-18(15)21(31)27(20(14)30)16-7-8-17(28)25-19(16)29/h4-6,13,16,24H,7-12H2,1-3H3,(H,25,28,29)/t13-,16?/m1/s1. The Balaban J connectivity index is 1.45. The minimum absolute atomic E-state index is 0.0576. The molecule has 2 fully saturated rings. The maximum absolute atomic E-state index is 13.2. The quantitative estimate of drug-likeness (QED) is 0.623. The second-order valence-electron chi connectivity index (χ2n) is 9.48. The van der Waals surface area contributed by atoms with Crippen LogP contribution >= 0.6 is 0 Å². The number of imide groups is 2. The van der Waals surface area contributed by atoms with Gasteiger partial charge in [-0.3, -0.25) is 29.4 Å². The molecule has 3 heterocycles. The van der Waals surface area contributed by atoms with Gasteiger partial charge in [0, 0.05) is 25.2 Å². The number of hydrogen-bond acceptors (Lipinski definition) is 8. The number of morpholine rings is 1. The SMILES string of the molecule is CC(C)(C)OC(=O)N1CCO[C@H](CNc2cccc3c2C(=O)N(C2CCC(=O)NC2=O)C3=O)C1. The smallest absolute Gasteiger partial charge is 0.410 e. The predicted molar refractivity (Wildman–Crippen MR) is 119 cm³/mol. The van der Waals surface area contributed by atoms with Crippen molar-refractivity contribution >= 4 is 35.4 Å². The van der Waals surface area contributed by atoms with Crippen LogP contribution in [0.4, 0.5) is 10.5 Å². The Morgan fingerprint density at radius 1 is 1.21 bits per heavy atom. The summed E-state index contributed by atoms with van der Waals surface area (Å²) in [5, 5.41) is 5.34. The van der Waals surface area contributed by atoms with Gasteiger partial charge in [-0.1, -0.05) is 6.07 Å². The van der Waals surface area contributed by atoms with Crippen LogP contribution in [-0.4, -0.2) is 83.5 Å². The molecule has 0 bridgehead atoms. The first kappa shape index (κ1) is 23.7. The number of fused-ring (bicyclic) bond motifs is 1. The molecule has 0 aromatic heterocycles. The Labute approximate surface area is 196 Å². The van der Waals surface area contributed by atoms with Crippen LogP contribution in [0.2, 0.25) is 0 Å². The molecule has 0 spiro atoms. The first-order valence-electron chi connectivity index (χ1n) is 11.2. The van der Waals surface area contributed by atoms with Crippen LogP contribution in [-0.2, 0) is 19.1 Å².